The van der Waals surface area contributed by atoms with Gasteiger partial charge in [-0.25, -0.2) is 0 Å². The fourth-order valence-electron chi connectivity index (χ4n) is 2.90. The van der Waals surface area contributed by atoms with Crippen LogP contribution in [0.2, 0.25) is 0 Å². The number of morpholine rings is 1. The molecule has 1 saturated carbocycles. The third-order valence-electron chi connectivity index (χ3n) is 4.81. The van der Waals surface area contributed by atoms with Crippen LogP contribution in [-0.2, 0) is 22.6 Å². The number of carbonyl (C=O) groups excluding carboxylic acids is 1. The van der Waals surface area contributed by atoms with Gasteiger partial charge in [-0.3, -0.25) is 9.69 Å². The van der Waals surface area contributed by atoms with Crippen LogP contribution in [0.15, 0.2) is 24.3 Å². The lowest BCUT2D eigenvalue weighted by Gasteiger charge is -2.27. The Labute approximate surface area is 147 Å². The number of alkyl halides is 2. The number of benzene rings is 1. The molecule has 0 radical (unpaired) electrons. The fraction of sp³-hybridized carbons (Fsp3) is 0.588. The highest BCUT2D eigenvalue weighted by Gasteiger charge is 2.67. The second kappa shape index (κ2) is 6.60. The lowest BCUT2D eigenvalue weighted by atomic mass is 10.1. The van der Waals surface area contributed by atoms with Gasteiger partial charge in [0.05, 0.1) is 18.6 Å². The highest BCUT2D eigenvalue weighted by Crippen LogP contribution is 2.63. The van der Waals surface area contributed by atoms with E-state index in [4.69, 9.17) is 27.9 Å². The summed E-state index contributed by atoms with van der Waals surface area (Å²) in [5, 5.41) is 2.98. The Bertz CT molecular complexity index is 588. The zero-order valence-electron chi connectivity index (χ0n) is 13.3. The molecule has 2 fully saturated rings. The summed E-state index contributed by atoms with van der Waals surface area (Å²) in [6.07, 6.45) is 0.504. The predicted molar refractivity (Wildman–Crippen MR) is 91.5 cm³/mol. The van der Waals surface area contributed by atoms with E-state index in [0.717, 1.165) is 38.4 Å². The molecule has 1 aromatic carbocycles. The minimum absolute atomic E-state index is 0.0799. The largest absolute Gasteiger partial charge is 0.379 e. The van der Waals surface area contributed by atoms with Gasteiger partial charge in [0.25, 0.3) is 0 Å². The molecule has 1 saturated heterocycles. The van der Waals surface area contributed by atoms with Crippen molar-refractivity contribution in [1.82, 2.24) is 10.2 Å². The summed E-state index contributed by atoms with van der Waals surface area (Å²) in [4.78, 5) is 14.7. The Morgan fingerprint density at radius 3 is 2.48 bits per heavy atom. The highest BCUT2D eigenvalue weighted by molar-refractivity contribution is 6.53. The van der Waals surface area contributed by atoms with Crippen LogP contribution in [0.1, 0.15) is 24.5 Å². The maximum atomic E-state index is 12.3. The lowest BCUT2D eigenvalue weighted by molar-refractivity contribution is -0.125. The molecule has 23 heavy (non-hydrogen) atoms. The molecule has 1 aromatic rings. The number of nitrogens with one attached hydrogen (secondary N) is 1. The fourth-order valence-corrected chi connectivity index (χ4v) is 3.61. The van der Waals surface area contributed by atoms with Crippen molar-refractivity contribution in [2.24, 2.45) is 5.41 Å². The average molecular weight is 357 g/mol. The van der Waals surface area contributed by atoms with Crippen LogP contribution >= 0.6 is 23.2 Å². The quantitative estimate of drug-likeness (QED) is 0.824. The molecular formula is C17H22Cl2N2O2. The zero-order chi connectivity index (χ0) is 16.5. The number of amides is 1. The van der Waals surface area contributed by atoms with Crippen LogP contribution in [0, 0.1) is 5.41 Å². The van der Waals surface area contributed by atoms with E-state index in [1.54, 1.807) is 0 Å². The first-order valence-electron chi connectivity index (χ1n) is 7.95. The Morgan fingerprint density at radius 2 is 1.87 bits per heavy atom. The van der Waals surface area contributed by atoms with Crippen molar-refractivity contribution in [3.8, 4) is 0 Å². The Morgan fingerprint density at radius 1 is 1.26 bits per heavy atom. The van der Waals surface area contributed by atoms with Gasteiger partial charge >= 0.3 is 0 Å². The molecule has 1 aliphatic heterocycles. The summed E-state index contributed by atoms with van der Waals surface area (Å²) in [6.45, 7) is 6.64. The van der Waals surface area contributed by atoms with E-state index in [1.165, 1.54) is 5.56 Å². The van der Waals surface area contributed by atoms with Gasteiger partial charge in [-0.2, -0.15) is 0 Å². The summed E-state index contributed by atoms with van der Waals surface area (Å²) >= 11 is 12.1. The van der Waals surface area contributed by atoms with E-state index >= 15 is 0 Å². The topological polar surface area (TPSA) is 41.6 Å². The first kappa shape index (κ1) is 17.0. The SMILES string of the molecule is CC1(C(=O)NCc2ccccc2CN2CCOCC2)CC1(Cl)Cl. The monoisotopic (exact) mass is 356 g/mol. The standard InChI is InChI=1S/C17H22Cl2N2O2/c1-16(12-17(16,18)19)15(22)20-10-13-4-2-3-5-14(13)11-21-6-8-23-9-7-21/h2-5H,6-12H2,1H3,(H,20,22). The van der Waals surface area contributed by atoms with Crippen LogP contribution in [0.25, 0.3) is 0 Å². The number of halogens is 2. The van der Waals surface area contributed by atoms with Crippen molar-refractivity contribution in [3.05, 3.63) is 35.4 Å². The molecule has 126 valence electrons. The highest BCUT2D eigenvalue weighted by atomic mass is 35.5. The van der Waals surface area contributed by atoms with Gasteiger partial charge in [-0.05, 0) is 24.5 Å². The van der Waals surface area contributed by atoms with E-state index in [9.17, 15) is 4.79 Å². The summed E-state index contributed by atoms with van der Waals surface area (Å²) in [5.74, 6) is -0.0799. The van der Waals surface area contributed by atoms with Crippen LogP contribution in [0.3, 0.4) is 0 Å². The number of hydrogen-bond donors (Lipinski definition) is 1. The summed E-state index contributed by atoms with van der Waals surface area (Å²) in [6, 6.07) is 8.20. The molecular weight excluding hydrogens is 335 g/mol. The second-order valence-electron chi connectivity index (χ2n) is 6.55. The number of rotatable bonds is 5. The van der Waals surface area contributed by atoms with E-state index < -0.39 is 9.75 Å². The van der Waals surface area contributed by atoms with Crippen molar-refractivity contribution in [1.29, 1.82) is 0 Å². The molecule has 1 N–H and O–H groups in total. The van der Waals surface area contributed by atoms with E-state index in [-0.39, 0.29) is 5.91 Å². The molecule has 4 nitrogen and oxygen atoms in total. The molecule has 0 spiro atoms. The van der Waals surface area contributed by atoms with Gasteiger partial charge < -0.3 is 10.1 Å². The minimum Gasteiger partial charge on any atom is -0.379 e. The van der Waals surface area contributed by atoms with Gasteiger partial charge in [0.15, 0.2) is 0 Å². The van der Waals surface area contributed by atoms with Gasteiger partial charge in [0.2, 0.25) is 5.91 Å². The van der Waals surface area contributed by atoms with Crippen molar-refractivity contribution >= 4 is 29.1 Å². The molecule has 6 heteroatoms. The van der Waals surface area contributed by atoms with Crippen LogP contribution in [-0.4, -0.2) is 41.4 Å². The van der Waals surface area contributed by atoms with Crippen molar-refractivity contribution in [3.63, 3.8) is 0 Å². The molecule has 1 amide bonds. The first-order chi connectivity index (χ1) is 10.9. The van der Waals surface area contributed by atoms with Gasteiger partial charge in [-0.1, -0.05) is 24.3 Å². The van der Waals surface area contributed by atoms with Crippen molar-refractivity contribution in [2.45, 2.75) is 30.8 Å². The number of nitrogens with zero attached hydrogens (tertiary/aromatic N) is 1. The molecule has 2 aliphatic rings. The zero-order valence-corrected chi connectivity index (χ0v) is 14.8. The smallest absolute Gasteiger partial charge is 0.229 e. The maximum Gasteiger partial charge on any atom is 0.229 e. The normalized spacial score (nSPS) is 26.7. The predicted octanol–water partition coefficient (Wildman–Crippen LogP) is 2.72. The summed E-state index contributed by atoms with van der Waals surface area (Å²) in [5.41, 5.74) is 1.69. The molecule has 1 atom stereocenters. The second-order valence-corrected chi connectivity index (χ2v) is 8.04. The summed E-state index contributed by atoms with van der Waals surface area (Å²) < 4.78 is 4.46. The van der Waals surface area contributed by atoms with Crippen LogP contribution in [0.4, 0.5) is 0 Å². The van der Waals surface area contributed by atoms with E-state index in [2.05, 4.69) is 22.3 Å². The van der Waals surface area contributed by atoms with Crippen LogP contribution in [0.5, 0.6) is 0 Å². The number of hydrogen-bond acceptors (Lipinski definition) is 3. The molecule has 1 unspecified atom stereocenters. The average Bonchev–Trinajstić information content (AvgIpc) is 3.07. The van der Waals surface area contributed by atoms with E-state index in [1.807, 2.05) is 19.1 Å². The third kappa shape index (κ3) is 3.66. The Kier molecular flexibility index (Phi) is 4.88. The first-order valence-corrected chi connectivity index (χ1v) is 8.71. The lowest BCUT2D eigenvalue weighted by Crippen LogP contribution is -2.36. The number of carbonyl (C=O) groups is 1. The van der Waals surface area contributed by atoms with Crippen molar-refractivity contribution < 1.29 is 9.53 Å². The van der Waals surface area contributed by atoms with Crippen molar-refractivity contribution in [2.75, 3.05) is 26.3 Å². The minimum atomic E-state index is -0.926. The summed E-state index contributed by atoms with van der Waals surface area (Å²) in [7, 11) is 0. The maximum absolute atomic E-state index is 12.3. The molecule has 1 heterocycles. The molecule has 0 aromatic heterocycles. The van der Waals surface area contributed by atoms with Gasteiger partial charge in [-0.15, -0.1) is 23.2 Å². The molecule has 3 rings (SSSR count). The van der Waals surface area contributed by atoms with Gasteiger partial charge in [0, 0.05) is 26.2 Å². The Balaban J connectivity index is 1.61. The van der Waals surface area contributed by atoms with E-state index in [0.29, 0.717) is 13.0 Å². The third-order valence-corrected chi connectivity index (χ3v) is 5.92. The molecule has 0 bridgehead atoms. The number of ether oxygens (including phenoxy) is 1. The Hall–Kier alpha value is -0.810. The van der Waals surface area contributed by atoms with Gasteiger partial charge in [0.1, 0.15) is 4.33 Å². The molecule has 1 aliphatic carbocycles. The van der Waals surface area contributed by atoms with Crippen LogP contribution < -0.4 is 5.32 Å².